The smallest absolute Gasteiger partial charge is 0.285 e. The summed E-state index contributed by atoms with van der Waals surface area (Å²) in [6, 6.07) is 7.79. The van der Waals surface area contributed by atoms with Crippen LogP contribution in [0.3, 0.4) is 0 Å². The molecule has 5 nitrogen and oxygen atoms in total. The Kier molecular flexibility index (Phi) is 5.76. The zero-order valence-corrected chi connectivity index (χ0v) is 16.3. The number of carbonyl (C=O) groups excluding carboxylic acids is 1. The minimum Gasteiger partial charge on any atom is -0.292 e. The zero-order valence-electron chi connectivity index (χ0n) is 16.3. The number of hydrogen-bond donors (Lipinski definition) is 0. The Morgan fingerprint density at radius 2 is 1.85 bits per heavy atom. The summed E-state index contributed by atoms with van der Waals surface area (Å²) < 4.78 is 1.10. The highest BCUT2D eigenvalue weighted by Gasteiger charge is 2.19. The molecule has 1 aromatic carbocycles. The van der Waals surface area contributed by atoms with E-state index in [1.807, 2.05) is 32.0 Å². The summed E-state index contributed by atoms with van der Waals surface area (Å²) in [6.45, 7) is 11.6. The zero-order chi connectivity index (χ0) is 19.6. The van der Waals surface area contributed by atoms with Gasteiger partial charge in [-0.15, -0.1) is 0 Å². The van der Waals surface area contributed by atoms with E-state index >= 15 is 0 Å². The minimum absolute atomic E-state index is 0.0459. The lowest BCUT2D eigenvalue weighted by atomic mass is 9.90. The number of hydrogen-bond acceptors (Lipinski definition) is 4. The molecule has 0 bridgehead atoms. The van der Waals surface area contributed by atoms with Gasteiger partial charge in [0.05, 0.1) is 5.69 Å². The van der Waals surface area contributed by atoms with Gasteiger partial charge in [-0.05, 0) is 42.4 Å². The molecule has 0 unspecified atom stereocenters. The van der Waals surface area contributed by atoms with Crippen LogP contribution in [-0.4, -0.2) is 15.6 Å². The number of rotatable bonds is 5. The van der Waals surface area contributed by atoms with Gasteiger partial charge < -0.3 is 0 Å². The van der Waals surface area contributed by atoms with Crippen LogP contribution in [0, 0.1) is 25.2 Å². The Labute approximate surface area is 154 Å². The van der Waals surface area contributed by atoms with Crippen molar-refractivity contribution in [2.45, 2.75) is 59.9 Å². The molecule has 0 spiro atoms. The van der Waals surface area contributed by atoms with Gasteiger partial charge in [0.25, 0.3) is 5.56 Å². The van der Waals surface area contributed by atoms with E-state index in [9.17, 15) is 14.9 Å². The lowest BCUT2D eigenvalue weighted by molar-refractivity contribution is 0.0964. The van der Waals surface area contributed by atoms with Crippen molar-refractivity contribution in [3.05, 3.63) is 62.1 Å². The van der Waals surface area contributed by atoms with Gasteiger partial charge in [0, 0.05) is 5.56 Å². The van der Waals surface area contributed by atoms with Crippen molar-refractivity contribution in [2.75, 3.05) is 0 Å². The van der Waals surface area contributed by atoms with Crippen LogP contribution in [0.5, 0.6) is 0 Å². The van der Waals surface area contributed by atoms with Crippen LogP contribution in [-0.2, 0) is 6.54 Å². The highest BCUT2D eigenvalue weighted by Crippen LogP contribution is 2.25. The van der Waals surface area contributed by atoms with Gasteiger partial charge in [0.2, 0.25) is 0 Å². The fourth-order valence-electron chi connectivity index (χ4n) is 2.90. The minimum atomic E-state index is -0.520. The molecule has 0 aliphatic rings. The van der Waals surface area contributed by atoms with E-state index in [2.05, 4.69) is 25.0 Å². The maximum Gasteiger partial charge on any atom is 0.285 e. The molecule has 0 aliphatic carbocycles. The highest BCUT2D eigenvalue weighted by atomic mass is 16.1. The fourth-order valence-corrected chi connectivity index (χ4v) is 2.90. The van der Waals surface area contributed by atoms with Crippen molar-refractivity contribution < 1.29 is 4.79 Å². The van der Waals surface area contributed by atoms with Gasteiger partial charge in [-0.1, -0.05) is 45.9 Å². The normalized spacial score (nSPS) is 11.0. The van der Waals surface area contributed by atoms with Gasteiger partial charge >= 0.3 is 0 Å². The lowest BCUT2D eigenvalue weighted by Crippen LogP contribution is -2.30. The van der Waals surface area contributed by atoms with Crippen molar-refractivity contribution in [3.8, 4) is 6.07 Å². The van der Waals surface area contributed by atoms with Crippen LogP contribution < -0.4 is 5.56 Å². The number of Topliss-reactive ketones (excluding diaryl/α,β-unsaturated/α-hetero) is 1. The summed E-state index contributed by atoms with van der Waals surface area (Å²) in [5.41, 5.74) is 3.42. The van der Waals surface area contributed by atoms with Crippen molar-refractivity contribution >= 4 is 5.78 Å². The summed E-state index contributed by atoms with van der Waals surface area (Å²) in [4.78, 5) is 25.3. The van der Waals surface area contributed by atoms with E-state index in [1.165, 1.54) is 5.56 Å². The molecule has 2 rings (SSSR count). The van der Waals surface area contributed by atoms with E-state index in [1.54, 1.807) is 13.8 Å². The largest absolute Gasteiger partial charge is 0.292 e. The molecule has 1 aromatic heterocycles. The first kappa shape index (κ1) is 19.6. The molecular formula is C21H25N3O2. The van der Waals surface area contributed by atoms with Gasteiger partial charge in [0.1, 0.15) is 18.2 Å². The predicted molar refractivity (Wildman–Crippen MR) is 102 cm³/mol. The standard InChI is InChI=1S/C21H25N3O2/c1-12(2)16-7-8-17(18(9-16)13(3)4)20(25)11-24-21(26)19(10-22)14(5)15(6)23-24/h7-9,12-13H,11H2,1-6H3. The number of aromatic nitrogens is 2. The topological polar surface area (TPSA) is 75.8 Å². The van der Waals surface area contributed by atoms with E-state index in [4.69, 9.17) is 0 Å². The van der Waals surface area contributed by atoms with Crippen LogP contribution in [0.25, 0.3) is 0 Å². The fraction of sp³-hybridized carbons (Fsp3) is 0.429. The highest BCUT2D eigenvalue weighted by molar-refractivity contribution is 5.97. The molecule has 0 saturated heterocycles. The molecule has 0 amide bonds. The van der Waals surface area contributed by atoms with Gasteiger partial charge in [-0.2, -0.15) is 10.4 Å². The molecule has 0 aliphatic heterocycles. The third kappa shape index (κ3) is 3.75. The van der Waals surface area contributed by atoms with Crippen molar-refractivity contribution in [1.82, 2.24) is 9.78 Å². The average Bonchev–Trinajstić information content (AvgIpc) is 2.59. The maximum absolute atomic E-state index is 12.9. The van der Waals surface area contributed by atoms with Crippen LogP contribution in [0.2, 0.25) is 0 Å². The van der Waals surface area contributed by atoms with Gasteiger partial charge in [-0.3, -0.25) is 9.59 Å². The third-order valence-corrected chi connectivity index (χ3v) is 4.71. The second-order valence-corrected chi connectivity index (χ2v) is 7.24. The Morgan fingerprint density at radius 3 is 2.38 bits per heavy atom. The summed E-state index contributed by atoms with van der Waals surface area (Å²) in [6.07, 6.45) is 0. The van der Waals surface area contributed by atoms with Crippen LogP contribution >= 0.6 is 0 Å². The number of benzene rings is 1. The summed E-state index contributed by atoms with van der Waals surface area (Å²) >= 11 is 0. The Hall–Kier alpha value is -2.74. The molecule has 5 heteroatoms. The third-order valence-electron chi connectivity index (χ3n) is 4.71. The molecule has 0 N–H and O–H groups in total. The average molecular weight is 351 g/mol. The lowest BCUT2D eigenvalue weighted by Gasteiger charge is -2.16. The predicted octanol–water partition coefficient (Wildman–Crippen LogP) is 3.86. The molecule has 0 radical (unpaired) electrons. The quantitative estimate of drug-likeness (QED) is 0.767. The molecule has 26 heavy (non-hydrogen) atoms. The van der Waals surface area contributed by atoms with E-state index < -0.39 is 5.56 Å². The second kappa shape index (κ2) is 7.65. The first-order chi connectivity index (χ1) is 12.2. The summed E-state index contributed by atoms with van der Waals surface area (Å²) in [7, 11) is 0. The van der Waals surface area contributed by atoms with Crippen molar-refractivity contribution in [1.29, 1.82) is 5.26 Å². The summed E-state index contributed by atoms with van der Waals surface area (Å²) in [5.74, 6) is 0.386. The van der Waals surface area contributed by atoms with E-state index in [-0.39, 0.29) is 23.8 Å². The van der Waals surface area contributed by atoms with Crippen molar-refractivity contribution in [2.24, 2.45) is 0 Å². The molecule has 1 heterocycles. The summed E-state index contributed by atoms with van der Waals surface area (Å²) in [5, 5.41) is 13.4. The van der Waals surface area contributed by atoms with Crippen molar-refractivity contribution in [3.63, 3.8) is 0 Å². The van der Waals surface area contributed by atoms with Crippen LogP contribution in [0.4, 0.5) is 0 Å². The maximum atomic E-state index is 12.9. The van der Waals surface area contributed by atoms with E-state index in [0.717, 1.165) is 10.2 Å². The van der Waals surface area contributed by atoms with Gasteiger partial charge in [0.15, 0.2) is 5.78 Å². The molecule has 0 fully saturated rings. The van der Waals surface area contributed by atoms with Crippen LogP contribution in [0.15, 0.2) is 23.0 Å². The Bertz CT molecular complexity index is 947. The first-order valence-electron chi connectivity index (χ1n) is 8.82. The monoisotopic (exact) mass is 351 g/mol. The number of nitrogens with zero attached hydrogens (tertiary/aromatic N) is 3. The number of nitriles is 1. The molecule has 0 atom stereocenters. The van der Waals surface area contributed by atoms with E-state index in [0.29, 0.717) is 22.7 Å². The van der Waals surface area contributed by atoms with Gasteiger partial charge in [-0.25, -0.2) is 4.68 Å². The molecular weight excluding hydrogens is 326 g/mol. The first-order valence-corrected chi connectivity index (χ1v) is 8.82. The van der Waals surface area contributed by atoms with Crippen LogP contribution in [0.1, 0.15) is 77.8 Å². The number of aryl methyl sites for hydroxylation is 1. The Balaban J connectivity index is 2.48. The molecule has 2 aromatic rings. The SMILES string of the molecule is Cc1nn(CC(=O)c2ccc(C(C)C)cc2C(C)C)c(=O)c(C#N)c1C. The second-order valence-electron chi connectivity index (χ2n) is 7.24. The number of ketones is 1. The molecule has 0 saturated carbocycles. The molecule has 136 valence electrons. The number of carbonyl (C=O) groups is 1. The Morgan fingerprint density at radius 1 is 1.19 bits per heavy atom.